The third-order valence-corrected chi connectivity index (χ3v) is 6.26. The van der Waals surface area contributed by atoms with Gasteiger partial charge in [-0.15, -0.1) is 0 Å². The Labute approximate surface area is 221 Å². The second-order valence-corrected chi connectivity index (χ2v) is 8.95. The van der Waals surface area contributed by atoms with Crippen LogP contribution in [0.3, 0.4) is 0 Å². The van der Waals surface area contributed by atoms with Crippen LogP contribution in [0.5, 0.6) is 5.75 Å². The predicted molar refractivity (Wildman–Crippen MR) is 142 cm³/mol. The number of nitrogens with one attached hydrogen (secondary N) is 2. The molecule has 0 unspecified atom stereocenters. The van der Waals surface area contributed by atoms with Gasteiger partial charge in [0.05, 0.1) is 20.3 Å². The number of carbonyl (C=O) groups is 3. The molecule has 0 spiro atoms. The number of hydrogen-bond donors (Lipinski definition) is 2. The Kier molecular flexibility index (Phi) is 8.60. The Hall–Kier alpha value is -4.37. The molecule has 1 fully saturated rings. The highest BCUT2D eigenvalue weighted by Crippen LogP contribution is 2.35. The van der Waals surface area contributed by atoms with E-state index in [1.165, 1.54) is 4.90 Å². The zero-order valence-corrected chi connectivity index (χ0v) is 21.6. The van der Waals surface area contributed by atoms with Crippen molar-refractivity contribution in [1.82, 2.24) is 10.2 Å². The number of rotatable bonds is 10. The van der Waals surface area contributed by atoms with Gasteiger partial charge in [-0.3, -0.25) is 14.5 Å². The zero-order valence-electron chi connectivity index (χ0n) is 21.6. The first-order chi connectivity index (χ1) is 18.4. The van der Waals surface area contributed by atoms with Crippen LogP contribution in [0, 0.1) is 6.92 Å². The Morgan fingerprint density at radius 2 is 1.74 bits per heavy atom. The van der Waals surface area contributed by atoms with E-state index in [9.17, 15) is 14.4 Å². The summed E-state index contributed by atoms with van der Waals surface area (Å²) in [6.45, 7) is 2.83. The van der Waals surface area contributed by atoms with Gasteiger partial charge >= 0.3 is 6.09 Å². The molecule has 0 radical (unpaired) electrons. The fourth-order valence-electron chi connectivity index (χ4n) is 4.22. The van der Waals surface area contributed by atoms with Gasteiger partial charge in [0.25, 0.3) is 5.91 Å². The summed E-state index contributed by atoms with van der Waals surface area (Å²) in [5.41, 5.74) is 3.53. The highest BCUT2D eigenvalue weighted by Gasteiger charge is 2.47. The second kappa shape index (κ2) is 12.2. The van der Waals surface area contributed by atoms with Gasteiger partial charge in [0.15, 0.2) is 12.1 Å². The predicted octanol–water partition coefficient (Wildman–Crippen LogP) is 4.08. The number of methoxy groups -OCH3 is 2. The van der Waals surface area contributed by atoms with Crippen molar-refractivity contribution >= 4 is 23.6 Å². The average molecular weight is 518 g/mol. The van der Waals surface area contributed by atoms with E-state index in [4.69, 9.17) is 14.2 Å². The van der Waals surface area contributed by atoms with Crippen LogP contribution in [0.15, 0.2) is 72.8 Å². The number of aryl methyl sites for hydroxylation is 1. The molecule has 0 aliphatic carbocycles. The highest BCUT2D eigenvalue weighted by molar-refractivity contribution is 6.04. The largest absolute Gasteiger partial charge is 0.497 e. The summed E-state index contributed by atoms with van der Waals surface area (Å²) in [5.74, 6) is -0.00244. The Balaban J connectivity index is 1.57. The number of amides is 3. The summed E-state index contributed by atoms with van der Waals surface area (Å²) in [5, 5.41) is 5.69. The molecule has 2 atom stereocenters. The second-order valence-electron chi connectivity index (χ2n) is 8.95. The molecule has 0 saturated carbocycles. The number of hydrogen-bond acceptors (Lipinski definition) is 6. The van der Waals surface area contributed by atoms with Gasteiger partial charge in [0.1, 0.15) is 5.75 Å². The lowest BCUT2D eigenvalue weighted by Crippen LogP contribution is -2.47. The summed E-state index contributed by atoms with van der Waals surface area (Å²) in [6, 6.07) is 20.6. The molecule has 9 nitrogen and oxygen atoms in total. The molecule has 1 aliphatic heterocycles. The van der Waals surface area contributed by atoms with Crippen LogP contribution < -0.4 is 15.4 Å². The van der Waals surface area contributed by atoms with Crippen LogP contribution in [-0.4, -0.2) is 56.2 Å². The molecular formula is C29H31N3O6. The zero-order chi connectivity index (χ0) is 27.1. The summed E-state index contributed by atoms with van der Waals surface area (Å²) in [4.78, 5) is 40.5. The van der Waals surface area contributed by atoms with Crippen molar-refractivity contribution in [1.29, 1.82) is 0 Å². The fraction of sp³-hybridized carbons (Fsp3) is 0.276. The third kappa shape index (κ3) is 6.30. The van der Waals surface area contributed by atoms with Crippen LogP contribution >= 0.6 is 0 Å². The van der Waals surface area contributed by atoms with Gasteiger partial charge in [-0.2, -0.15) is 0 Å². The Bertz CT molecular complexity index is 1280. The number of ether oxygens (including phenoxy) is 3. The SMILES string of the molecule is COCCNC(=O)[C@@H]1[C@H](c2cccc(NC(=O)c3ccc(OC)cc3)c2)OC(=O)N1Cc1ccc(C)cc1. The normalized spacial score (nSPS) is 16.6. The van der Waals surface area contributed by atoms with Crippen molar-refractivity contribution < 1.29 is 28.6 Å². The molecule has 1 saturated heterocycles. The van der Waals surface area contributed by atoms with Gasteiger partial charge in [-0.05, 0) is 54.4 Å². The number of nitrogens with zero attached hydrogens (tertiary/aromatic N) is 1. The summed E-state index contributed by atoms with van der Waals surface area (Å²) < 4.78 is 15.9. The van der Waals surface area contributed by atoms with Crippen LogP contribution in [0.2, 0.25) is 0 Å². The molecule has 3 aromatic carbocycles. The number of anilines is 1. The molecule has 3 aromatic rings. The van der Waals surface area contributed by atoms with Crippen molar-refractivity contribution in [2.24, 2.45) is 0 Å². The molecule has 3 amide bonds. The maximum atomic E-state index is 13.3. The average Bonchev–Trinajstić information content (AvgIpc) is 3.26. The fourth-order valence-corrected chi connectivity index (χ4v) is 4.22. The lowest BCUT2D eigenvalue weighted by atomic mass is 10.00. The molecule has 4 rings (SSSR count). The van der Waals surface area contributed by atoms with Crippen molar-refractivity contribution in [3.05, 3.63) is 95.1 Å². The number of cyclic esters (lactones) is 1. The molecule has 38 heavy (non-hydrogen) atoms. The van der Waals surface area contributed by atoms with E-state index in [-0.39, 0.29) is 18.4 Å². The minimum Gasteiger partial charge on any atom is -0.497 e. The van der Waals surface area contributed by atoms with E-state index < -0.39 is 18.2 Å². The van der Waals surface area contributed by atoms with Crippen molar-refractivity contribution in [3.8, 4) is 5.75 Å². The molecule has 1 aliphatic rings. The first-order valence-corrected chi connectivity index (χ1v) is 12.2. The maximum Gasteiger partial charge on any atom is 0.411 e. The van der Waals surface area contributed by atoms with E-state index in [1.807, 2.05) is 31.2 Å². The van der Waals surface area contributed by atoms with Crippen molar-refractivity contribution in [2.45, 2.75) is 25.6 Å². The summed E-state index contributed by atoms with van der Waals surface area (Å²) in [6.07, 6.45) is -1.46. The van der Waals surface area contributed by atoms with Crippen LogP contribution in [-0.2, 0) is 20.8 Å². The van der Waals surface area contributed by atoms with Crippen LogP contribution in [0.4, 0.5) is 10.5 Å². The minimum atomic E-state index is -0.909. The van der Waals surface area contributed by atoms with Gasteiger partial charge in [-0.25, -0.2) is 4.79 Å². The first kappa shape index (κ1) is 26.7. The van der Waals surface area contributed by atoms with Gasteiger partial charge in [-0.1, -0.05) is 42.0 Å². The third-order valence-electron chi connectivity index (χ3n) is 6.26. The lowest BCUT2D eigenvalue weighted by molar-refractivity contribution is -0.126. The minimum absolute atomic E-state index is 0.214. The molecule has 198 valence electrons. The lowest BCUT2D eigenvalue weighted by Gasteiger charge is -2.24. The van der Waals surface area contributed by atoms with E-state index in [2.05, 4.69) is 10.6 Å². The van der Waals surface area contributed by atoms with E-state index in [0.717, 1.165) is 11.1 Å². The maximum absolute atomic E-state index is 13.3. The smallest absolute Gasteiger partial charge is 0.411 e. The quantitative estimate of drug-likeness (QED) is 0.393. The Morgan fingerprint density at radius 3 is 2.42 bits per heavy atom. The topological polar surface area (TPSA) is 106 Å². The summed E-state index contributed by atoms with van der Waals surface area (Å²) in [7, 11) is 3.11. The van der Waals surface area contributed by atoms with E-state index in [0.29, 0.717) is 35.7 Å². The van der Waals surface area contributed by atoms with E-state index >= 15 is 0 Å². The van der Waals surface area contributed by atoms with Crippen LogP contribution in [0.1, 0.15) is 33.2 Å². The van der Waals surface area contributed by atoms with Crippen molar-refractivity contribution in [2.75, 3.05) is 32.7 Å². The molecular weight excluding hydrogens is 486 g/mol. The first-order valence-electron chi connectivity index (χ1n) is 12.2. The standard InChI is InChI=1S/C29H31N3O6/c1-19-7-9-20(10-8-19)18-32-25(28(34)30-15-16-36-2)26(38-29(32)35)22-5-4-6-23(17-22)31-27(33)21-11-13-24(37-3)14-12-21/h4-14,17,25-26H,15-16,18H2,1-3H3,(H,30,34)(H,31,33)/t25-,26-/m0/s1. The highest BCUT2D eigenvalue weighted by atomic mass is 16.6. The molecule has 2 N–H and O–H groups in total. The number of benzene rings is 3. The molecule has 0 bridgehead atoms. The van der Waals surface area contributed by atoms with E-state index in [1.54, 1.807) is 62.8 Å². The summed E-state index contributed by atoms with van der Waals surface area (Å²) >= 11 is 0. The Morgan fingerprint density at radius 1 is 1.00 bits per heavy atom. The molecule has 1 heterocycles. The van der Waals surface area contributed by atoms with Gasteiger partial charge in [0.2, 0.25) is 5.91 Å². The van der Waals surface area contributed by atoms with Gasteiger partial charge < -0.3 is 24.8 Å². The monoisotopic (exact) mass is 517 g/mol. The molecule has 9 heteroatoms. The van der Waals surface area contributed by atoms with Crippen molar-refractivity contribution in [3.63, 3.8) is 0 Å². The number of carbonyl (C=O) groups excluding carboxylic acids is 3. The van der Waals surface area contributed by atoms with Crippen LogP contribution in [0.25, 0.3) is 0 Å². The molecule has 0 aromatic heterocycles. The van der Waals surface area contributed by atoms with Gasteiger partial charge in [0, 0.05) is 24.9 Å².